The number of aromatic nitrogens is 2. The first-order valence-electron chi connectivity index (χ1n) is 7.33. The Kier molecular flexibility index (Phi) is 5.01. The van der Waals surface area contributed by atoms with Gasteiger partial charge in [-0.25, -0.2) is 0 Å². The number of hydrogen-bond donors (Lipinski definition) is 2. The van der Waals surface area contributed by atoms with Gasteiger partial charge >= 0.3 is 0 Å². The third-order valence-corrected chi connectivity index (χ3v) is 4.07. The summed E-state index contributed by atoms with van der Waals surface area (Å²) >= 11 is 0. The molecule has 3 N–H and O–H groups in total. The molecule has 3 unspecified atom stereocenters. The van der Waals surface area contributed by atoms with E-state index >= 15 is 0 Å². The van der Waals surface area contributed by atoms with Gasteiger partial charge in [-0.2, -0.15) is 5.10 Å². The lowest BCUT2D eigenvalue weighted by Crippen LogP contribution is -2.38. The number of nitrogens with two attached hydrogens (primary N) is 1. The van der Waals surface area contributed by atoms with Crippen LogP contribution < -0.4 is 16.0 Å². The van der Waals surface area contributed by atoms with Gasteiger partial charge in [0.15, 0.2) is 5.75 Å². The molecule has 6 heteroatoms. The molecule has 0 aliphatic carbocycles. The zero-order chi connectivity index (χ0) is 14.7. The monoisotopic (exact) mass is 282 g/mol. The van der Waals surface area contributed by atoms with E-state index in [9.17, 15) is 0 Å². The van der Waals surface area contributed by atoms with E-state index in [0.717, 1.165) is 30.9 Å². The smallest absolute Gasteiger partial charge is 0.161 e. The van der Waals surface area contributed by atoms with Gasteiger partial charge < -0.3 is 9.47 Å². The minimum Gasteiger partial charge on any atom is -0.493 e. The standard InChI is InChI=1S/C14H26N4O2/c1-5-11-10(6-7-20-11)13(17-15)14-12(19-4)8-16-18(14)9(2)3/h8-11,13,17H,5-7,15H2,1-4H3. The highest BCUT2D eigenvalue weighted by atomic mass is 16.5. The Balaban J connectivity index is 2.38. The predicted molar refractivity (Wildman–Crippen MR) is 77.4 cm³/mol. The van der Waals surface area contributed by atoms with Crippen molar-refractivity contribution in [3.63, 3.8) is 0 Å². The molecule has 0 spiro atoms. The fraction of sp³-hybridized carbons (Fsp3) is 0.786. The van der Waals surface area contributed by atoms with Crippen molar-refractivity contribution in [2.45, 2.75) is 51.8 Å². The van der Waals surface area contributed by atoms with Gasteiger partial charge in [0.25, 0.3) is 0 Å². The number of nitrogens with one attached hydrogen (secondary N) is 1. The summed E-state index contributed by atoms with van der Waals surface area (Å²) in [5.41, 5.74) is 3.97. The van der Waals surface area contributed by atoms with Crippen LogP contribution in [0.2, 0.25) is 0 Å². The minimum atomic E-state index is -0.0118. The second-order valence-electron chi connectivity index (χ2n) is 5.55. The maximum atomic E-state index is 5.85. The lowest BCUT2D eigenvalue weighted by molar-refractivity contribution is 0.0759. The zero-order valence-electron chi connectivity index (χ0n) is 12.8. The Morgan fingerprint density at radius 2 is 2.35 bits per heavy atom. The van der Waals surface area contributed by atoms with Gasteiger partial charge in [0.1, 0.15) is 0 Å². The van der Waals surface area contributed by atoms with Crippen LogP contribution in [0.25, 0.3) is 0 Å². The first kappa shape index (κ1) is 15.3. The highest BCUT2D eigenvalue weighted by molar-refractivity contribution is 5.29. The van der Waals surface area contributed by atoms with Gasteiger partial charge in [-0.1, -0.05) is 6.92 Å². The van der Waals surface area contributed by atoms with Crippen LogP contribution in [0.1, 0.15) is 51.4 Å². The maximum absolute atomic E-state index is 5.85. The fourth-order valence-corrected chi connectivity index (χ4v) is 3.09. The average Bonchev–Trinajstić information content (AvgIpc) is 3.06. The molecule has 1 saturated heterocycles. The molecule has 114 valence electrons. The van der Waals surface area contributed by atoms with E-state index in [-0.39, 0.29) is 18.2 Å². The summed E-state index contributed by atoms with van der Waals surface area (Å²) in [5, 5.41) is 4.43. The Bertz CT molecular complexity index is 433. The molecule has 1 aliphatic heterocycles. The molecular weight excluding hydrogens is 256 g/mol. The number of ether oxygens (including phenoxy) is 2. The van der Waals surface area contributed by atoms with Crippen LogP contribution in [0.5, 0.6) is 5.75 Å². The molecule has 2 heterocycles. The zero-order valence-corrected chi connectivity index (χ0v) is 12.8. The van der Waals surface area contributed by atoms with Gasteiger partial charge in [-0.15, -0.1) is 0 Å². The van der Waals surface area contributed by atoms with Gasteiger partial charge in [-0.05, 0) is 26.7 Å². The molecule has 20 heavy (non-hydrogen) atoms. The normalized spacial score (nSPS) is 24.3. The number of nitrogens with zero attached hydrogens (tertiary/aromatic N) is 2. The lowest BCUT2D eigenvalue weighted by atomic mass is 9.89. The van der Waals surface area contributed by atoms with Crippen LogP contribution in [0.4, 0.5) is 0 Å². The number of rotatable bonds is 6. The molecule has 0 bridgehead atoms. The van der Waals surface area contributed by atoms with Crippen molar-refractivity contribution in [2.75, 3.05) is 13.7 Å². The maximum Gasteiger partial charge on any atom is 0.161 e. The van der Waals surface area contributed by atoms with Crippen molar-refractivity contribution in [3.05, 3.63) is 11.9 Å². The van der Waals surface area contributed by atoms with Gasteiger partial charge in [0, 0.05) is 18.6 Å². The topological polar surface area (TPSA) is 74.3 Å². The SMILES string of the molecule is CCC1OCCC1C(NN)c1c(OC)cnn1C(C)C. The number of methoxy groups -OCH3 is 1. The number of hydrogen-bond acceptors (Lipinski definition) is 5. The summed E-state index contributed by atoms with van der Waals surface area (Å²) in [6.45, 7) is 7.14. The second kappa shape index (κ2) is 6.56. The molecule has 3 atom stereocenters. The van der Waals surface area contributed by atoms with E-state index in [1.807, 2.05) is 4.68 Å². The lowest BCUT2D eigenvalue weighted by Gasteiger charge is -2.28. The summed E-state index contributed by atoms with van der Waals surface area (Å²) in [4.78, 5) is 0. The molecular formula is C14H26N4O2. The van der Waals surface area contributed by atoms with Crippen molar-refractivity contribution in [1.29, 1.82) is 0 Å². The third kappa shape index (κ3) is 2.68. The largest absolute Gasteiger partial charge is 0.493 e. The molecule has 1 aromatic heterocycles. The van der Waals surface area contributed by atoms with Crippen LogP contribution >= 0.6 is 0 Å². The molecule has 1 fully saturated rings. The predicted octanol–water partition coefficient (Wildman–Crippen LogP) is 1.79. The van der Waals surface area contributed by atoms with Crippen LogP contribution in [-0.4, -0.2) is 29.6 Å². The van der Waals surface area contributed by atoms with Crippen LogP contribution in [-0.2, 0) is 4.74 Å². The Hall–Kier alpha value is -1.11. The number of hydrazine groups is 1. The van der Waals surface area contributed by atoms with Crippen molar-refractivity contribution in [2.24, 2.45) is 11.8 Å². The first-order chi connectivity index (χ1) is 9.63. The van der Waals surface area contributed by atoms with E-state index in [0.29, 0.717) is 5.92 Å². The van der Waals surface area contributed by atoms with E-state index in [1.165, 1.54) is 0 Å². The molecule has 0 aromatic carbocycles. The summed E-state index contributed by atoms with van der Waals surface area (Å²) in [6, 6.07) is 0.245. The highest BCUT2D eigenvalue weighted by Crippen LogP contribution is 2.38. The summed E-state index contributed by atoms with van der Waals surface area (Å²) < 4.78 is 13.3. The Morgan fingerprint density at radius 3 is 2.90 bits per heavy atom. The molecule has 0 amide bonds. The summed E-state index contributed by atoms with van der Waals surface area (Å²) in [7, 11) is 1.67. The Labute approximate surface area is 120 Å². The van der Waals surface area contributed by atoms with Crippen molar-refractivity contribution >= 4 is 0 Å². The van der Waals surface area contributed by atoms with E-state index in [4.69, 9.17) is 15.3 Å². The van der Waals surface area contributed by atoms with Crippen molar-refractivity contribution < 1.29 is 9.47 Å². The summed E-state index contributed by atoms with van der Waals surface area (Å²) in [6.07, 6.45) is 3.98. The molecule has 1 aromatic rings. The van der Waals surface area contributed by atoms with Gasteiger partial charge in [-0.3, -0.25) is 16.0 Å². The minimum absolute atomic E-state index is 0.0118. The Morgan fingerprint density at radius 1 is 1.60 bits per heavy atom. The van der Waals surface area contributed by atoms with Crippen LogP contribution in [0, 0.1) is 5.92 Å². The first-order valence-corrected chi connectivity index (χ1v) is 7.33. The van der Waals surface area contributed by atoms with Crippen molar-refractivity contribution in [3.8, 4) is 5.75 Å². The fourth-order valence-electron chi connectivity index (χ4n) is 3.09. The second-order valence-corrected chi connectivity index (χ2v) is 5.55. The van der Waals surface area contributed by atoms with Gasteiger partial charge in [0.2, 0.25) is 0 Å². The quantitative estimate of drug-likeness (QED) is 0.614. The van der Waals surface area contributed by atoms with E-state index < -0.39 is 0 Å². The van der Waals surface area contributed by atoms with Gasteiger partial charge in [0.05, 0.1) is 31.1 Å². The summed E-state index contributed by atoms with van der Waals surface area (Å²) in [5.74, 6) is 6.97. The van der Waals surface area contributed by atoms with E-state index in [1.54, 1.807) is 13.3 Å². The molecule has 0 radical (unpaired) electrons. The molecule has 2 rings (SSSR count). The molecule has 6 nitrogen and oxygen atoms in total. The van der Waals surface area contributed by atoms with Crippen molar-refractivity contribution in [1.82, 2.24) is 15.2 Å². The van der Waals surface area contributed by atoms with E-state index in [2.05, 4.69) is 31.3 Å². The highest BCUT2D eigenvalue weighted by Gasteiger charge is 2.37. The molecule has 1 aliphatic rings. The molecule has 0 saturated carbocycles. The van der Waals surface area contributed by atoms with Crippen LogP contribution in [0.15, 0.2) is 6.20 Å². The average molecular weight is 282 g/mol. The van der Waals surface area contributed by atoms with Crippen LogP contribution in [0.3, 0.4) is 0 Å². The third-order valence-electron chi connectivity index (χ3n) is 4.07.